The van der Waals surface area contributed by atoms with Gasteiger partial charge in [0, 0.05) is 28.2 Å². The highest BCUT2D eigenvalue weighted by Gasteiger charge is 2.18. The van der Waals surface area contributed by atoms with E-state index in [0.717, 1.165) is 27.7 Å². The molecule has 23 heavy (non-hydrogen) atoms. The number of ketones is 1. The third kappa shape index (κ3) is 3.21. The lowest BCUT2D eigenvalue weighted by molar-refractivity contribution is 0.101. The molecule has 0 bridgehead atoms. The van der Waals surface area contributed by atoms with Crippen LogP contribution in [0.15, 0.2) is 45.4 Å². The summed E-state index contributed by atoms with van der Waals surface area (Å²) >= 11 is 3.37. The lowest BCUT2D eigenvalue weighted by Gasteiger charge is -2.10. The Balaban J connectivity index is 2.07. The second-order valence-corrected chi connectivity index (χ2v) is 6.71. The molecule has 2 aromatic heterocycles. The molecule has 0 aliphatic rings. The number of fused-ring (bicyclic) bond motifs is 1. The van der Waals surface area contributed by atoms with Crippen LogP contribution in [-0.4, -0.2) is 29.8 Å². The number of nitrogens with zero attached hydrogens (tertiary/aromatic N) is 2. The van der Waals surface area contributed by atoms with Crippen molar-refractivity contribution in [3.63, 3.8) is 0 Å². The molecule has 0 spiro atoms. The number of aryl methyl sites for hydroxylation is 1. The number of aromatic nitrogens is 1. The Hall–Kier alpha value is -1.98. The number of hydrogen-bond donors (Lipinski definition) is 0. The van der Waals surface area contributed by atoms with Gasteiger partial charge < -0.3 is 9.32 Å². The van der Waals surface area contributed by atoms with Crippen LogP contribution >= 0.6 is 15.9 Å². The summed E-state index contributed by atoms with van der Waals surface area (Å²) in [5.74, 6) is 0.224. The summed E-state index contributed by atoms with van der Waals surface area (Å²) in [7, 11) is 4.00. The van der Waals surface area contributed by atoms with Crippen molar-refractivity contribution < 1.29 is 9.21 Å². The van der Waals surface area contributed by atoms with Gasteiger partial charge >= 0.3 is 0 Å². The lowest BCUT2D eigenvalue weighted by Crippen LogP contribution is -2.11. The van der Waals surface area contributed by atoms with Crippen LogP contribution in [0, 0.1) is 6.92 Å². The Morgan fingerprint density at radius 3 is 2.61 bits per heavy atom. The first-order chi connectivity index (χ1) is 11.0. The standard InChI is InChI=1S/C18H17BrN2O2/c1-11-18-15(13(9-20-11)10-21(2)3)8-16(23-18)17(22)12-4-6-14(19)7-5-12/h4-9H,10H2,1-3H3. The first-order valence-electron chi connectivity index (χ1n) is 7.28. The van der Waals surface area contributed by atoms with Crippen molar-refractivity contribution in [1.82, 2.24) is 9.88 Å². The van der Waals surface area contributed by atoms with E-state index >= 15 is 0 Å². The normalized spacial score (nSPS) is 11.3. The smallest absolute Gasteiger partial charge is 0.228 e. The van der Waals surface area contributed by atoms with E-state index in [9.17, 15) is 4.79 Å². The maximum atomic E-state index is 12.6. The van der Waals surface area contributed by atoms with Gasteiger partial charge in [-0.3, -0.25) is 9.78 Å². The van der Waals surface area contributed by atoms with E-state index in [2.05, 4.69) is 25.8 Å². The molecule has 118 valence electrons. The molecular weight excluding hydrogens is 356 g/mol. The summed E-state index contributed by atoms with van der Waals surface area (Å²) in [4.78, 5) is 19.1. The van der Waals surface area contributed by atoms with Gasteiger partial charge in [0.15, 0.2) is 11.3 Å². The molecule has 4 nitrogen and oxygen atoms in total. The van der Waals surface area contributed by atoms with Crippen molar-refractivity contribution in [2.75, 3.05) is 14.1 Å². The highest BCUT2D eigenvalue weighted by molar-refractivity contribution is 9.10. The SMILES string of the molecule is Cc1ncc(CN(C)C)c2cc(C(=O)c3ccc(Br)cc3)oc12. The van der Waals surface area contributed by atoms with Crippen LogP contribution in [0.5, 0.6) is 0 Å². The first-order valence-corrected chi connectivity index (χ1v) is 8.08. The molecule has 0 aliphatic heterocycles. The van der Waals surface area contributed by atoms with Gasteiger partial charge in [-0.05, 0) is 56.9 Å². The average molecular weight is 373 g/mol. The second kappa shape index (κ2) is 6.26. The van der Waals surface area contributed by atoms with E-state index in [1.807, 2.05) is 45.4 Å². The number of hydrogen-bond acceptors (Lipinski definition) is 4. The number of furan rings is 1. The third-order valence-corrected chi connectivity index (χ3v) is 4.17. The van der Waals surface area contributed by atoms with Crippen LogP contribution in [0.1, 0.15) is 27.4 Å². The van der Waals surface area contributed by atoms with Crippen molar-refractivity contribution in [2.24, 2.45) is 0 Å². The van der Waals surface area contributed by atoms with Crippen molar-refractivity contribution in [3.05, 3.63) is 63.6 Å². The summed E-state index contributed by atoms with van der Waals surface area (Å²) in [6.45, 7) is 2.63. The van der Waals surface area contributed by atoms with Crippen LogP contribution in [0.4, 0.5) is 0 Å². The van der Waals surface area contributed by atoms with Gasteiger partial charge in [0.1, 0.15) is 0 Å². The van der Waals surface area contributed by atoms with Crippen LogP contribution in [0.25, 0.3) is 11.0 Å². The van der Waals surface area contributed by atoms with Crippen LogP contribution in [-0.2, 0) is 6.54 Å². The topological polar surface area (TPSA) is 46.3 Å². The molecule has 1 aromatic carbocycles. The quantitative estimate of drug-likeness (QED) is 0.644. The largest absolute Gasteiger partial charge is 0.451 e. The molecule has 0 saturated carbocycles. The predicted octanol–water partition coefficient (Wildman–Crippen LogP) is 4.19. The first kappa shape index (κ1) is 15.9. The monoisotopic (exact) mass is 372 g/mol. The number of carbonyl (C=O) groups excluding carboxylic acids is 1. The molecule has 5 heteroatoms. The average Bonchev–Trinajstić information content (AvgIpc) is 2.96. The molecule has 3 aromatic rings. The van der Waals surface area contributed by atoms with Gasteiger partial charge in [0.25, 0.3) is 0 Å². The lowest BCUT2D eigenvalue weighted by atomic mass is 10.1. The molecule has 0 atom stereocenters. The third-order valence-electron chi connectivity index (χ3n) is 3.64. The molecule has 0 aliphatic carbocycles. The molecule has 0 saturated heterocycles. The van der Waals surface area contributed by atoms with Crippen molar-refractivity contribution >= 4 is 32.7 Å². The van der Waals surface area contributed by atoms with Gasteiger partial charge in [-0.15, -0.1) is 0 Å². The summed E-state index contributed by atoms with van der Waals surface area (Å²) in [5.41, 5.74) is 3.13. The van der Waals surface area contributed by atoms with E-state index < -0.39 is 0 Å². The van der Waals surface area contributed by atoms with Crippen LogP contribution in [0.3, 0.4) is 0 Å². The fourth-order valence-corrected chi connectivity index (χ4v) is 2.79. The highest BCUT2D eigenvalue weighted by atomic mass is 79.9. The van der Waals surface area contributed by atoms with Crippen molar-refractivity contribution in [3.8, 4) is 0 Å². The molecule has 0 fully saturated rings. The molecule has 0 radical (unpaired) electrons. The zero-order valence-electron chi connectivity index (χ0n) is 13.3. The van der Waals surface area contributed by atoms with E-state index in [-0.39, 0.29) is 5.78 Å². The van der Waals surface area contributed by atoms with Gasteiger partial charge in [0.2, 0.25) is 5.78 Å². The number of benzene rings is 1. The highest BCUT2D eigenvalue weighted by Crippen LogP contribution is 2.27. The maximum Gasteiger partial charge on any atom is 0.228 e. The zero-order chi connectivity index (χ0) is 16.6. The van der Waals surface area contributed by atoms with E-state index in [0.29, 0.717) is 16.9 Å². The Morgan fingerprint density at radius 1 is 1.26 bits per heavy atom. The van der Waals surface area contributed by atoms with Gasteiger partial charge in [-0.1, -0.05) is 15.9 Å². The van der Waals surface area contributed by atoms with Gasteiger partial charge in [-0.25, -0.2) is 0 Å². The summed E-state index contributed by atoms with van der Waals surface area (Å²) in [6, 6.07) is 9.09. The number of halogens is 1. The molecule has 0 unspecified atom stereocenters. The minimum atomic E-state index is -0.121. The maximum absolute atomic E-state index is 12.6. The Morgan fingerprint density at radius 2 is 1.96 bits per heavy atom. The Labute approximate surface area is 143 Å². The van der Waals surface area contributed by atoms with Gasteiger partial charge in [-0.2, -0.15) is 0 Å². The van der Waals surface area contributed by atoms with E-state index in [1.54, 1.807) is 12.1 Å². The fourth-order valence-electron chi connectivity index (χ4n) is 2.52. The van der Waals surface area contributed by atoms with E-state index in [1.165, 1.54) is 0 Å². The fraction of sp³-hybridized carbons (Fsp3) is 0.222. The molecular formula is C18H17BrN2O2. The number of rotatable bonds is 4. The molecule has 0 N–H and O–H groups in total. The Kier molecular flexibility index (Phi) is 4.33. The molecule has 0 amide bonds. The second-order valence-electron chi connectivity index (χ2n) is 5.80. The molecule has 3 rings (SSSR count). The Bertz CT molecular complexity index is 867. The van der Waals surface area contributed by atoms with E-state index in [4.69, 9.17) is 4.42 Å². The van der Waals surface area contributed by atoms with Gasteiger partial charge in [0.05, 0.1) is 5.69 Å². The van der Waals surface area contributed by atoms with Crippen LogP contribution < -0.4 is 0 Å². The van der Waals surface area contributed by atoms with Crippen molar-refractivity contribution in [1.29, 1.82) is 0 Å². The number of pyridine rings is 1. The summed E-state index contributed by atoms with van der Waals surface area (Å²) in [5, 5.41) is 0.951. The summed E-state index contributed by atoms with van der Waals surface area (Å²) in [6.07, 6.45) is 1.85. The minimum Gasteiger partial charge on any atom is -0.451 e. The van der Waals surface area contributed by atoms with Crippen molar-refractivity contribution in [2.45, 2.75) is 13.5 Å². The zero-order valence-corrected chi connectivity index (χ0v) is 14.8. The molecule has 2 heterocycles. The summed E-state index contributed by atoms with van der Waals surface area (Å²) < 4.78 is 6.76. The van der Waals surface area contributed by atoms with Crippen LogP contribution in [0.2, 0.25) is 0 Å². The number of carbonyl (C=O) groups is 1. The minimum absolute atomic E-state index is 0.121. The predicted molar refractivity (Wildman–Crippen MR) is 93.7 cm³/mol.